The summed E-state index contributed by atoms with van der Waals surface area (Å²) < 4.78 is 1.11. The molecular formula is C16H24BrN3O. The summed E-state index contributed by atoms with van der Waals surface area (Å²) in [5.41, 5.74) is 1.23. The van der Waals surface area contributed by atoms with Gasteiger partial charge >= 0.3 is 0 Å². The van der Waals surface area contributed by atoms with Crippen molar-refractivity contribution in [3.05, 3.63) is 34.3 Å². The van der Waals surface area contributed by atoms with Gasteiger partial charge in [-0.15, -0.1) is 0 Å². The number of guanidine groups is 1. The Morgan fingerprint density at radius 3 is 2.81 bits per heavy atom. The number of nitrogens with zero attached hydrogens (tertiary/aromatic N) is 2. The summed E-state index contributed by atoms with van der Waals surface area (Å²) in [7, 11) is 3.82. The number of rotatable bonds is 4. The maximum Gasteiger partial charge on any atom is 0.193 e. The summed E-state index contributed by atoms with van der Waals surface area (Å²) in [5, 5.41) is 13.3. The summed E-state index contributed by atoms with van der Waals surface area (Å²) in [6.07, 6.45) is 2.99. The first-order chi connectivity index (χ1) is 10.1. The topological polar surface area (TPSA) is 47.9 Å². The van der Waals surface area contributed by atoms with Gasteiger partial charge in [0.1, 0.15) is 0 Å². The molecule has 0 aromatic heterocycles. The van der Waals surface area contributed by atoms with Gasteiger partial charge in [0.15, 0.2) is 5.96 Å². The van der Waals surface area contributed by atoms with Crippen LogP contribution in [0, 0.1) is 5.92 Å². The number of hydrogen-bond donors (Lipinski definition) is 2. The lowest BCUT2D eigenvalue weighted by Gasteiger charge is -2.24. The minimum Gasteiger partial charge on any atom is -0.393 e. The molecule has 0 spiro atoms. The molecule has 0 bridgehead atoms. The molecule has 0 amide bonds. The van der Waals surface area contributed by atoms with Crippen molar-refractivity contribution in [3.8, 4) is 0 Å². The quantitative estimate of drug-likeness (QED) is 0.646. The van der Waals surface area contributed by atoms with Crippen LogP contribution in [0.3, 0.4) is 0 Å². The third-order valence-electron chi connectivity index (χ3n) is 4.08. The largest absolute Gasteiger partial charge is 0.393 e. The smallest absolute Gasteiger partial charge is 0.193 e. The molecule has 5 heteroatoms. The third kappa shape index (κ3) is 4.45. The van der Waals surface area contributed by atoms with Gasteiger partial charge in [0, 0.05) is 37.6 Å². The molecule has 0 aliphatic heterocycles. The molecule has 0 saturated heterocycles. The van der Waals surface area contributed by atoms with Crippen LogP contribution in [-0.4, -0.2) is 42.7 Å². The van der Waals surface area contributed by atoms with Gasteiger partial charge < -0.3 is 15.3 Å². The lowest BCUT2D eigenvalue weighted by atomic mass is 10.1. The van der Waals surface area contributed by atoms with Gasteiger partial charge in [-0.3, -0.25) is 4.99 Å². The summed E-state index contributed by atoms with van der Waals surface area (Å²) in [5.74, 6) is 1.21. The summed E-state index contributed by atoms with van der Waals surface area (Å²) in [4.78, 5) is 6.43. The van der Waals surface area contributed by atoms with E-state index in [9.17, 15) is 5.11 Å². The Labute approximate surface area is 135 Å². The standard InChI is InChI=1S/C16H24BrN3O/c1-18-16(19-10-12-7-5-9-15(12)21)20(2)11-13-6-3-4-8-14(13)17/h3-4,6,8,12,15,21H,5,7,9-11H2,1-2H3,(H,18,19). The highest BCUT2D eigenvalue weighted by Crippen LogP contribution is 2.24. The summed E-state index contributed by atoms with van der Waals surface area (Å²) in [6, 6.07) is 8.21. The van der Waals surface area contributed by atoms with Crippen molar-refractivity contribution in [1.82, 2.24) is 10.2 Å². The average molecular weight is 354 g/mol. The van der Waals surface area contributed by atoms with E-state index in [-0.39, 0.29) is 6.10 Å². The molecule has 116 valence electrons. The SMILES string of the molecule is CN=C(NCC1CCCC1O)N(C)Cc1ccccc1Br. The van der Waals surface area contributed by atoms with Crippen molar-refractivity contribution >= 4 is 21.9 Å². The summed E-state index contributed by atoms with van der Waals surface area (Å²) in [6.45, 7) is 1.57. The van der Waals surface area contributed by atoms with Crippen LogP contribution in [0.25, 0.3) is 0 Å². The van der Waals surface area contributed by atoms with Crippen LogP contribution in [0.1, 0.15) is 24.8 Å². The Morgan fingerprint density at radius 1 is 1.43 bits per heavy atom. The first-order valence-electron chi connectivity index (χ1n) is 7.45. The number of aliphatic hydroxyl groups excluding tert-OH is 1. The highest BCUT2D eigenvalue weighted by molar-refractivity contribution is 9.10. The van der Waals surface area contributed by atoms with E-state index in [4.69, 9.17) is 0 Å². The van der Waals surface area contributed by atoms with Gasteiger partial charge in [-0.05, 0) is 24.5 Å². The molecule has 2 N–H and O–H groups in total. The molecule has 2 unspecified atom stereocenters. The number of halogens is 1. The Morgan fingerprint density at radius 2 is 2.19 bits per heavy atom. The highest BCUT2D eigenvalue weighted by Gasteiger charge is 2.25. The van der Waals surface area contributed by atoms with Gasteiger partial charge in [0.25, 0.3) is 0 Å². The molecule has 4 nitrogen and oxygen atoms in total. The van der Waals surface area contributed by atoms with Crippen molar-refractivity contribution < 1.29 is 5.11 Å². The van der Waals surface area contributed by atoms with Crippen molar-refractivity contribution in [3.63, 3.8) is 0 Å². The zero-order valence-corrected chi connectivity index (χ0v) is 14.3. The van der Waals surface area contributed by atoms with Gasteiger partial charge in [0.2, 0.25) is 0 Å². The van der Waals surface area contributed by atoms with Crippen LogP contribution in [0.4, 0.5) is 0 Å². The molecule has 2 rings (SSSR count). The number of nitrogens with one attached hydrogen (secondary N) is 1. The maximum absolute atomic E-state index is 9.89. The molecule has 2 atom stereocenters. The number of aliphatic imine (C=N–C) groups is 1. The fourth-order valence-electron chi connectivity index (χ4n) is 2.82. The van der Waals surface area contributed by atoms with E-state index in [1.54, 1.807) is 7.05 Å². The van der Waals surface area contributed by atoms with Crippen LogP contribution >= 0.6 is 15.9 Å². The van der Waals surface area contributed by atoms with Gasteiger partial charge in [0.05, 0.1) is 6.10 Å². The van der Waals surface area contributed by atoms with Crippen LogP contribution in [0.5, 0.6) is 0 Å². The fourth-order valence-corrected chi connectivity index (χ4v) is 3.23. The van der Waals surface area contributed by atoms with Gasteiger partial charge in [-0.1, -0.05) is 40.5 Å². The molecule has 1 aliphatic carbocycles. The van der Waals surface area contributed by atoms with E-state index < -0.39 is 0 Å². The van der Waals surface area contributed by atoms with Crippen molar-refractivity contribution in [2.24, 2.45) is 10.9 Å². The van der Waals surface area contributed by atoms with E-state index in [0.29, 0.717) is 5.92 Å². The molecule has 0 heterocycles. The molecule has 1 fully saturated rings. The Hall–Kier alpha value is -1.07. The Balaban J connectivity index is 1.90. The zero-order valence-electron chi connectivity index (χ0n) is 12.7. The minimum atomic E-state index is -0.163. The second-order valence-corrected chi connectivity index (χ2v) is 6.49. The van der Waals surface area contributed by atoms with E-state index >= 15 is 0 Å². The first kappa shape index (κ1) is 16.3. The fraction of sp³-hybridized carbons (Fsp3) is 0.562. The average Bonchev–Trinajstić information content (AvgIpc) is 2.88. The molecule has 1 aromatic carbocycles. The van der Waals surface area contributed by atoms with Crippen LogP contribution in [0.2, 0.25) is 0 Å². The van der Waals surface area contributed by atoms with Crippen molar-refractivity contribution in [2.45, 2.75) is 31.9 Å². The highest BCUT2D eigenvalue weighted by atomic mass is 79.9. The monoisotopic (exact) mass is 353 g/mol. The Bertz CT molecular complexity index is 492. The predicted octanol–water partition coefficient (Wildman–Crippen LogP) is 2.62. The second-order valence-electron chi connectivity index (χ2n) is 5.63. The van der Waals surface area contributed by atoms with Crippen molar-refractivity contribution in [2.75, 3.05) is 20.6 Å². The van der Waals surface area contributed by atoms with E-state index in [2.05, 4.69) is 37.2 Å². The van der Waals surface area contributed by atoms with Crippen LogP contribution in [0.15, 0.2) is 33.7 Å². The molecule has 0 radical (unpaired) electrons. The maximum atomic E-state index is 9.89. The molecule has 1 saturated carbocycles. The van der Waals surface area contributed by atoms with Gasteiger partial charge in [-0.2, -0.15) is 0 Å². The number of aliphatic hydroxyl groups is 1. The predicted molar refractivity (Wildman–Crippen MR) is 90.3 cm³/mol. The Kier molecular flexibility index (Phi) is 6.06. The van der Waals surface area contributed by atoms with Crippen LogP contribution < -0.4 is 5.32 Å². The first-order valence-corrected chi connectivity index (χ1v) is 8.24. The minimum absolute atomic E-state index is 0.163. The molecule has 21 heavy (non-hydrogen) atoms. The normalized spacial score (nSPS) is 22.4. The lowest BCUT2D eigenvalue weighted by Crippen LogP contribution is -2.41. The van der Waals surface area contributed by atoms with E-state index in [1.165, 1.54) is 5.56 Å². The second kappa shape index (κ2) is 7.80. The van der Waals surface area contributed by atoms with Crippen LogP contribution in [-0.2, 0) is 6.54 Å². The van der Waals surface area contributed by atoms with Gasteiger partial charge in [-0.25, -0.2) is 0 Å². The lowest BCUT2D eigenvalue weighted by molar-refractivity contribution is 0.134. The van der Waals surface area contributed by atoms with E-state index in [0.717, 1.165) is 42.8 Å². The number of hydrogen-bond acceptors (Lipinski definition) is 2. The van der Waals surface area contributed by atoms with E-state index in [1.807, 2.05) is 25.2 Å². The molecular weight excluding hydrogens is 330 g/mol. The van der Waals surface area contributed by atoms with Crippen molar-refractivity contribution in [1.29, 1.82) is 0 Å². The molecule has 1 aliphatic rings. The number of benzene rings is 1. The zero-order chi connectivity index (χ0) is 15.2. The molecule has 1 aromatic rings. The summed E-state index contributed by atoms with van der Waals surface area (Å²) >= 11 is 3.58. The third-order valence-corrected chi connectivity index (χ3v) is 4.85.